The first-order valence-electron chi connectivity index (χ1n) is 6.40. The van der Waals surface area contributed by atoms with E-state index in [2.05, 4.69) is 5.32 Å². The molecule has 0 saturated heterocycles. The third kappa shape index (κ3) is 4.52. The lowest BCUT2D eigenvalue weighted by atomic mass is 10.2. The maximum atomic E-state index is 12.3. The summed E-state index contributed by atoms with van der Waals surface area (Å²) in [6.07, 6.45) is -0.573. The van der Waals surface area contributed by atoms with E-state index in [1.165, 1.54) is 0 Å². The first kappa shape index (κ1) is 16.5. The fourth-order valence-corrected chi connectivity index (χ4v) is 2.58. The molecule has 112 valence electrons. The standard InChI is InChI=1S/C14H22N2O3S/c1-10(2)20(15,18)12-8-6-7-11(9-12)16-13(17)19-14(3,4)5/h6-10,15H,1-5H3,(H,16,17). The van der Waals surface area contributed by atoms with Crippen LogP contribution in [0.25, 0.3) is 0 Å². The van der Waals surface area contributed by atoms with Crippen molar-refractivity contribution < 1.29 is 13.7 Å². The van der Waals surface area contributed by atoms with Gasteiger partial charge >= 0.3 is 6.09 Å². The van der Waals surface area contributed by atoms with Crippen LogP contribution in [-0.4, -0.2) is 21.2 Å². The Hall–Kier alpha value is -1.56. The summed E-state index contributed by atoms with van der Waals surface area (Å²) in [5.41, 5.74) is -0.111. The van der Waals surface area contributed by atoms with E-state index in [0.29, 0.717) is 10.6 Å². The lowest BCUT2D eigenvalue weighted by Crippen LogP contribution is -2.27. The molecule has 1 rings (SSSR count). The SMILES string of the molecule is CC(C)S(=N)(=O)c1cccc(NC(=O)OC(C)(C)C)c1. The van der Waals surface area contributed by atoms with Crippen LogP contribution in [0.4, 0.5) is 10.5 Å². The van der Waals surface area contributed by atoms with Crippen LogP contribution in [0.3, 0.4) is 0 Å². The van der Waals surface area contributed by atoms with E-state index >= 15 is 0 Å². The predicted molar refractivity (Wildman–Crippen MR) is 80.6 cm³/mol. The van der Waals surface area contributed by atoms with Gasteiger partial charge in [0.25, 0.3) is 0 Å². The molecule has 0 heterocycles. The number of ether oxygens (including phenoxy) is 1. The van der Waals surface area contributed by atoms with Gasteiger partial charge in [-0.25, -0.2) is 13.8 Å². The zero-order valence-corrected chi connectivity index (χ0v) is 13.3. The summed E-state index contributed by atoms with van der Waals surface area (Å²) < 4.78 is 25.4. The average Bonchev–Trinajstić information content (AvgIpc) is 2.26. The Morgan fingerprint density at radius 3 is 2.45 bits per heavy atom. The first-order chi connectivity index (χ1) is 9.02. The minimum Gasteiger partial charge on any atom is -0.444 e. The van der Waals surface area contributed by atoms with E-state index in [9.17, 15) is 9.00 Å². The quantitative estimate of drug-likeness (QED) is 0.889. The van der Waals surface area contributed by atoms with Crippen LogP contribution >= 0.6 is 0 Å². The second-order valence-corrected chi connectivity index (χ2v) is 8.42. The molecule has 1 unspecified atom stereocenters. The molecule has 0 aliphatic rings. The maximum absolute atomic E-state index is 12.3. The first-order valence-corrected chi connectivity index (χ1v) is 8.02. The zero-order chi connectivity index (χ0) is 15.6. The number of carbonyl (C=O) groups excluding carboxylic acids is 1. The molecule has 0 aromatic heterocycles. The number of carbonyl (C=O) groups is 1. The van der Waals surface area contributed by atoms with Crippen molar-refractivity contribution in [3.8, 4) is 0 Å². The molecular formula is C14H22N2O3S. The van der Waals surface area contributed by atoms with Gasteiger partial charge < -0.3 is 4.74 Å². The van der Waals surface area contributed by atoms with Crippen molar-refractivity contribution in [2.24, 2.45) is 0 Å². The largest absolute Gasteiger partial charge is 0.444 e. The molecule has 20 heavy (non-hydrogen) atoms. The molecule has 0 spiro atoms. The molecule has 2 N–H and O–H groups in total. The van der Waals surface area contributed by atoms with Crippen molar-refractivity contribution >= 4 is 21.5 Å². The van der Waals surface area contributed by atoms with Gasteiger partial charge in [-0.2, -0.15) is 0 Å². The lowest BCUT2D eigenvalue weighted by Gasteiger charge is -2.20. The van der Waals surface area contributed by atoms with Crippen LogP contribution in [0.5, 0.6) is 0 Å². The van der Waals surface area contributed by atoms with E-state index in [-0.39, 0.29) is 5.25 Å². The molecular weight excluding hydrogens is 276 g/mol. The highest BCUT2D eigenvalue weighted by atomic mass is 32.2. The molecule has 0 aliphatic heterocycles. The summed E-state index contributed by atoms with van der Waals surface area (Å²) in [7, 11) is -2.86. The zero-order valence-electron chi connectivity index (χ0n) is 12.5. The average molecular weight is 298 g/mol. The third-order valence-corrected chi connectivity index (χ3v) is 4.78. The Balaban J connectivity index is 2.93. The van der Waals surface area contributed by atoms with E-state index < -0.39 is 21.4 Å². The molecule has 0 fully saturated rings. The minimum absolute atomic E-state index is 0.292. The third-order valence-electron chi connectivity index (χ3n) is 2.49. The van der Waals surface area contributed by atoms with E-state index in [0.717, 1.165) is 0 Å². The number of amides is 1. The van der Waals surface area contributed by atoms with Gasteiger partial charge in [0.05, 0.1) is 9.73 Å². The summed E-state index contributed by atoms with van der Waals surface area (Å²) in [6.45, 7) is 8.81. The second kappa shape index (κ2) is 5.83. The van der Waals surface area contributed by atoms with Gasteiger partial charge in [0.2, 0.25) is 0 Å². The van der Waals surface area contributed by atoms with Gasteiger partial charge in [0.1, 0.15) is 5.60 Å². The Morgan fingerprint density at radius 2 is 1.95 bits per heavy atom. The monoisotopic (exact) mass is 298 g/mol. The van der Waals surface area contributed by atoms with Crippen molar-refractivity contribution in [2.75, 3.05) is 5.32 Å². The van der Waals surface area contributed by atoms with Crippen molar-refractivity contribution in [3.63, 3.8) is 0 Å². The summed E-state index contributed by atoms with van der Waals surface area (Å²) in [4.78, 5) is 12.1. The molecule has 1 amide bonds. The summed E-state index contributed by atoms with van der Waals surface area (Å²) in [5.74, 6) is 0. The fraction of sp³-hybridized carbons (Fsp3) is 0.500. The molecule has 1 atom stereocenters. The van der Waals surface area contributed by atoms with Gasteiger partial charge in [-0.1, -0.05) is 6.07 Å². The lowest BCUT2D eigenvalue weighted by molar-refractivity contribution is 0.0636. The van der Waals surface area contributed by atoms with Crippen LogP contribution in [-0.2, 0) is 14.5 Å². The number of hydrogen-bond acceptors (Lipinski definition) is 4. The topological polar surface area (TPSA) is 79.3 Å². The smallest absolute Gasteiger partial charge is 0.412 e. The van der Waals surface area contributed by atoms with Crippen molar-refractivity contribution in [1.29, 1.82) is 4.78 Å². The molecule has 1 aromatic rings. The molecule has 0 bridgehead atoms. The highest BCUT2D eigenvalue weighted by molar-refractivity contribution is 7.93. The van der Waals surface area contributed by atoms with Crippen molar-refractivity contribution in [3.05, 3.63) is 24.3 Å². The maximum Gasteiger partial charge on any atom is 0.412 e. The Morgan fingerprint density at radius 1 is 1.35 bits per heavy atom. The highest BCUT2D eigenvalue weighted by Crippen LogP contribution is 2.21. The van der Waals surface area contributed by atoms with Gasteiger partial charge in [0.15, 0.2) is 0 Å². The molecule has 0 radical (unpaired) electrons. The van der Waals surface area contributed by atoms with E-state index in [4.69, 9.17) is 9.52 Å². The Kier molecular flexibility index (Phi) is 4.81. The Labute approximate surface area is 120 Å². The van der Waals surface area contributed by atoms with Crippen LogP contribution in [0, 0.1) is 4.78 Å². The molecule has 5 nitrogen and oxygen atoms in total. The number of rotatable bonds is 3. The van der Waals surface area contributed by atoms with Gasteiger partial charge in [-0.3, -0.25) is 5.32 Å². The number of anilines is 1. The number of hydrogen-bond donors (Lipinski definition) is 2. The molecule has 6 heteroatoms. The van der Waals surface area contributed by atoms with Crippen LogP contribution in [0.2, 0.25) is 0 Å². The summed E-state index contributed by atoms with van der Waals surface area (Å²) in [6, 6.07) is 6.52. The summed E-state index contributed by atoms with van der Waals surface area (Å²) in [5, 5.41) is 2.29. The second-order valence-electron chi connectivity index (χ2n) is 5.80. The van der Waals surface area contributed by atoms with Crippen LogP contribution < -0.4 is 5.32 Å². The molecule has 0 saturated carbocycles. The van der Waals surface area contributed by atoms with Crippen LogP contribution in [0.1, 0.15) is 34.6 Å². The van der Waals surface area contributed by atoms with Crippen molar-refractivity contribution in [1.82, 2.24) is 0 Å². The molecule has 0 aliphatic carbocycles. The summed E-state index contributed by atoms with van der Waals surface area (Å²) >= 11 is 0. The highest BCUT2D eigenvalue weighted by Gasteiger charge is 2.18. The number of benzene rings is 1. The minimum atomic E-state index is -2.86. The van der Waals surface area contributed by atoms with Crippen LogP contribution in [0.15, 0.2) is 29.2 Å². The van der Waals surface area contributed by atoms with E-state index in [1.807, 2.05) is 0 Å². The van der Waals surface area contributed by atoms with Gasteiger partial charge in [-0.05, 0) is 52.8 Å². The van der Waals surface area contributed by atoms with E-state index in [1.54, 1.807) is 58.9 Å². The van der Waals surface area contributed by atoms with Gasteiger partial charge in [-0.15, -0.1) is 0 Å². The van der Waals surface area contributed by atoms with Crippen molar-refractivity contribution in [2.45, 2.75) is 50.4 Å². The number of nitrogens with one attached hydrogen (secondary N) is 2. The fourth-order valence-electron chi connectivity index (χ4n) is 1.46. The van der Waals surface area contributed by atoms with Gasteiger partial charge in [0, 0.05) is 15.8 Å². The normalized spacial score (nSPS) is 14.7. The predicted octanol–water partition coefficient (Wildman–Crippen LogP) is 3.85. The Bertz CT molecular complexity index is 587. The molecule has 1 aromatic carbocycles.